The minimum absolute atomic E-state index is 0.0327. The second-order valence-electron chi connectivity index (χ2n) is 8.85. The SMILES string of the molecule is O=C(Nc1ccc2c(c1)OCO2)[C@@H](C1CCCC1)N1CCN(C(=O)c2ccccc2F)CC1. The number of hydrogen-bond acceptors (Lipinski definition) is 5. The van der Waals surface area contributed by atoms with Gasteiger partial charge in [-0.1, -0.05) is 25.0 Å². The fraction of sp³-hybridized carbons (Fsp3) is 0.440. The highest BCUT2D eigenvalue weighted by atomic mass is 19.1. The summed E-state index contributed by atoms with van der Waals surface area (Å²) in [6, 6.07) is 11.2. The molecule has 174 valence electrons. The number of carbonyl (C=O) groups excluding carboxylic acids is 2. The standard InChI is InChI=1S/C25H28FN3O4/c26-20-8-4-3-7-19(20)25(31)29-13-11-28(12-14-29)23(17-5-1-2-6-17)24(30)27-18-9-10-21-22(15-18)33-16-32-21/h3-4,7-10,15,17,23H,1-2,5-6,11-14,16H2,(H,27,30)/t23-/m1/s1. The maximum atomic E-state index is 14.1. The smallest absolute Gasteiger partial charge is 0.256 e. The first-order valence-electron chi connectivity index (χ1n) is 11.6. The van der Waals surface area contributed by atoms with E-state index in [0.717, 1.165) is 25.7 Å². The Morgan fingerprint density at radius 3 is 2.45 bits per heavy atom. The van der Waals surface area contributed by atoms with E-state index in [0.29, 0.717) is 43.4 Å². The van der Waals surface area contributed by atoms with Gasteiger partial charge in [-0.25, -0.2) is 4.39 Å². The average molecular weight is 454 g/mol. The molecular formula is C25H28FN3O4. The predicted octanol–water partition coefficient (Wildman–Crippen LogP) is 3.51. The first-order chi connectivity index (χ1) is 16.1. The van der Waals surface area contributed by atoms with Crippen molar-refractivity contribution in [1.29, 1.82) is 0 Å². The molecular weight excluding hydrogens is 425 g/mol. The maximum Gasteiger partial charge on any atom is 0.256 e. The molecule has 7 nitrogen and oxygen atoms in total. The fourth-order valence-electron chi connectivity index (χ4n) is 5.15. The number of hydrogen-bond donors (Lipinski definition) is 1. The van der Waals surface area contributed by atoms with Crippen LogP contribution in [0.25, 0.3) is 0 Å². The van der Waals surface area contributed by atoms with E-state index in [1.54, 1.807) is 29.2 Å². The van der Waals surface area contributed by atoms with Gasteiger partial charge in [-0.3, -0.25) is 14.5 Å². The largest absolute Gasteiger partial charge is 0.454 e. The highest BCUT2D eigenvalue weighted by Gasteiger charge is 2.37. The Balaban J connectivity index is 1.27. The fourth-order valence-corrected chi connectivity index (χ4v) is 5.15. The van der Waals surface area contributed by atoms with Crippen LogP contribution in [0.3, 0.4) is 0 Å². The molecule has 1 aliphatic carbocycles. The Labute approximate surface area is 192 Å². The topological polar surface area (TPSA) is 71.1 Å². The molecule has 33 heavy (non-hydrogen) atoms. The number of carbonyl (C=O) groups is 2. The number of nitrogens with zero attached hydrogens (tertiary/aromatic N) is 2. The molecule has 2 aromatic rings. The lowest BCUT2D eigenvalue weighted by Crippen LogP contribution is -2.57. The molecule has 2 amide bonds. The maximum absolute atomic E-state index is 14.1. The number of piperazine rings is 1. The number of amides is 2. The summed E-state index contributed by atoms with van der Waals surface area (Å²) in [5.41, 5.74) is 0.777. The number of halogens is 1. The predicted molar refractivity (Wildman–Crippen MR) is 121 cm³/mol. The Morgan fingerprint density at radius 1 is 0.970 bits per heavy atom. The molecule has 8 heteroatoms. The molecule has 0 aromatic heterocycles. The molecule has 2 fully saturated rings. The monoisotopic (exact) mass is 453 g/mol. The Kier molecular flexibility index (Phi) is 6.17. The summed E-state index contributed by atoms with van der Waals surface area (Å²) in [4.78, 5) is 30.1. The van der Waals surface area contributed by atoms with E-state index in [4.69, 9.17) is 9.47 Å². The molecule has 5 rings (SSSR count). The lowest BCUT2D eigenvalue weighted by atomic mass is 9.94. The van der Waals surface area contributed by atoms with Crippen LogP contribution in [0.1, 0.15) is 36.0 Å². The lowest BCUT2D eigenvalue weighted by molar-refractivity contribution is -0.123. The molecule has 1 N–H and O–H groups in total. The van der Waals surface area contributed by atoms with Crippen molar-refractivity contribution in [3.63, 3.8) is 0 Å². The average Bonchev–Trinajstić information content (AvgIpc) is 3.52. The minimum atomic E-state index is -0.503. The van der Waals surface area contributed by atoms with Gasteiger partial charge in [0, 0.05) is 37.9 Å². The summed E-state index contributed by atoms with van der Waals surface area (Å²) in [6.07, 6.45) is 4.30. The van der Waals surface area contributed by atoms with Crippen LogP contribution in [-0.4, -0.2) is 60.6 Å². The van der Waals surface area contributed by atoms with Gasteiger partial charge in [0.25, 0.3) is 5.91 Å². The third-order valence-corrected chi connectivity index (χ3v) is 6.85. The van der Waals surface area contributed by atoms with Gasteiger partial charge >= 0.3 is 0 Å². The van der Waals surface area contributed by atoms with Gasteiger partial charge in [0.2, 0.25) is 12.7 Å². The molecule has 0 unspecified atom stereocenters. The van der Waals surface area contributed by atoms with Gasteiger partial charge in [0.05, 0.1) is 11.6 Å². The highest BCUT2D eigenvalue weighted by molar-refractivity contribution is 5.96. The molecule has 1 atom stereocenters. The molecule has 0 radical (unpaired) electrons. The third-order valence-electron chi connectivity index (χ3n) is 6.85. The quantitative estimate of drug-likeness (QED) is 0.750. The van der Waals surface area contributed by atoms with Crippen molar-refractivity contribution < 1.29 is 23.5 Å². The van der Waals surface area contributed by atoms with Crippen molar-refractivity contribution >= 4 is 17.5 Å². The van der Waals surface area contributed by atoms with Crippen molar-refractivity contribution in [2.75, 3.05) is 38.3 Å². The molecule has 3 aliphatic rings. The molecule has 1 saturated heterocycles. The second-order valence-corrected chi connectivity index (χ2v) is 8.85. The van der Waals surface area contributed by atoms with Crippen molar-refractivity contribution in [2.24, 2.45) is 5.92 Å². The van der Waals surface area contributed by atoms with Crippen molar-refractivity contribution in [3.8, 4) is 11.5 Å². The second kappa shape index (κ2) is 9.39. The van der Waals surface area contributed by atoms with Crippen LogP contribution in [0.2, 0.25) is 0 Å². The first-order valence-corrected chi connectivity index (χ1v) is 11.6. The van der Waals surface area contributed by atoms with Gasteiger partial charge < -0.3 is 19.7 Å². The molecule has 2 aromatic carbocycles. The highest BCUT2D eigenvalue weighted by Crippen LogP contribution is 2.35. The summed E-state index contributed by atoms with van der Waals surface area (Å²) in [5.74, 6) is 0.760. The minimum Gasteiger partial charge on any atom is -0.454 e. The van der Waals surface area contributed by atoms with Crippen LogP contribution in [-0.2, 0) is 4.79 Å². The summed E-state index contributed by atoms with van der Waals surface area (Å²) >= 11 is 0. The summed E-state index contributed by atoms with van der Waals surface area (Å²) in [7, 11) is 0. The van der Waals surface area contributed by atoms with Crippen LogP contribution >= 0.6 is 0 Å². The molecule has 0 spiro atoms. The van der Waals surface area contributed by atoms with Crippen molar-refractivity contribution in [3.05, 3.63) is 53.8 Å². The number of ether oxygens (including phenoxy) is 2. The van der Waals surface area contributed by atoms with Gasteiger partial charge in [-0.2, -0.15) is 0 Å². The van der Waals surface area contributed by atoms with Crippen LogP contribution in [0, 0.1) is 11.7 Å². The van der Waals surface area contributed by atoms with E-state index < -0.39 is 5.82 Å². The van der Waals surface area contributed by atoms with Gasteiger partial charge in [0.15, 0.2) is 11.5 Å². The Bertz CT molecular complexity index is 1030. The van der Waals surface area contributed by atoms with Gasteiger partial charge in [0.1, 0.15) is 5.82 Å². The van der Waals surface area contributed by atoms with Gasteiger partial charge in [-0.15, -0.1) is 0 Å². The Hall–Kier alpha value is -3.13. The summed E-state index contributed by atoms with van der Waals surface area (Å²) in [5, 5.41) is 3.07. The number of rotatable bonds is 5. The molecule has 1 saturated carbocycles. The van der Waals surface area contributed by atoms with Crippen LogP contribution in [0.4, 0.5) is 10.1 Å². The molecule has 2 heterocycles. The third kappa shape index (κ3) is 4.53. The Morgan fingerprint density at radius 2 is 1.70 bits per heavy atom. The number of anilines is 1. The van der Waals surface area contributed by atoms with Crippen molar-refractivity contribution in [2.45, 2.75) is 31.7 Å². The van der Waals surface area contributed by atoms with E-state index in [9.17, 15) is 14.0 Å². The molecule has 0 bridgehead atoms. The summed E-state index contributed by atoms with van der Waals surface area (Å²) in [6.45, 7) is 2.28. The van der Waals surface area contributed by atoms with Gasteiger partial charge in [-0.05, 0) is 43.0 Å². The number of fused-ring (bicyclic) bond motifs is 1. The zero-order valence-corrected chi connectivity index (χ0v) is 18.5. The van der Waals surface area contributed by atoms with E-state index >= 15 is 0 Å². The van der Waals surface area contributed by atoms with E-state index in [2.05, 4.69) is 10.2 Å². The molecule has 2 aliphatic heterocycles. The normalized spacial score (nSPS) is 19.5. The lowest BCUT2D eigenvalue weighted by Gasteiger charge is -2.40. The number of benzene rings is 2. The zero-order chi connectivity index (χ0) is 22.8. The van der Waals surface area contributed by atoms with Crippen LogP contribution in [0.15, 0.2) is 42.5 Å². The van der Waals surface area contributed by atoms with E-state index in [1.807, 2.05) is 6.07 Å². The van der Waals surface area contributed by atoms with E-state index in [-0.39, 0.29) is 36.1 Å². The number of nitrogens with one attached hydrogen (secondary N) is 1. The first kappa shape index (κ1) is 21.7. The van der Waals surface area contributed by atoms with Crippen molar-refractivity contribution in [1.82, 2.24) is 9.80 Å². The van der Waals surface area contributed by atoms with E-state index in [1.165, 1.54) is 12.1 Å². The zero-order valence-electron chi connectivity index (χ0n) is 18.5. The van der Waals surface area contributed by atoms with Crippen LogP contribution in [0.5, 0.6) is 11.5 Å². The van der Waals surface area contributed by atoms with Crippen LogP contribution < -0.4 is 14.8 Å². The summed E-state index contributed by atoms with van der Waals surface area (Å²) < 4.78 is 24.9.